The molecule has 106 valence electrons. The summed E-state index contributed by atoms with van der Waals surface area (Å²) >= 11 is 0. The van der Waals surface area contributed by atoms with Gasteiger partial charge in [-0.15, -0.1) is 0 Å². The van der Waals surface area contributed by atoms with E-state index in [9.17, 15) is 4.79 Å². The molecule has 0 spiro atoms. The molecule has 1 unspecified atom stereocenters. The molecule has 0 radical (unpaired) electrons. The zero-order valence-corrected chi connectivity index (χ0v) is 12.4. The highest BCUT2D eigenvalue weighted by Crippen LogP contribution is 2.10. The van der Waals surface area contributed by atoms with Crippen LogP contribution in [0.25, 0.3) is 0 Å². The Morgan fingerprint density at radius 2 is 2.06 bits per heavy atom. The van der Waals surface area contributed by atoms with Crippen molar-refractivity contribution in [1.82, 2.24) is 15.1 Å². The van der Waals surface area contributed by atoms with Crippen LogP contribution < -0.4 is 5.32 Å². The summed E-state index contributed by atoms with van der Waals surface area (Å²) < 4.78 is 0. The second kappa shape index (κ2) is 7.74. The minimum absolute atomic E-state index is 0.212. The highest BCUT2D eigenvalue weighted by Gasteiger charge is 2.16. The predicted molar refractivity (Wildman–Crippen MR) is 75.7 cm³/mol. The van der Waals surface area contributed by atoms with E-state index in [4.69, 9.17) is 0 Å². The zero-order valence-electron chi connectivity index (χ0n) is 12.4. The standard InChI is InChI=1S/C14H29N3O/c1-12(2)17(4)14(18)11-16(3)10-8-13-7-5-6-9-15-13/h12-13,15H,5-11H2,1-4H3. The first-order valence-electron chi connectivity index (χ1n) is 7.18. The fourth-order valence-corrected chi connectivity index (χ4v) is 2.26. The first-order valence-corrected chi connectivity index (χ1v) is 7.18. The van der Waals surface area contributed by atoms with Crippen LogP contribution in [0.5, 0.6) is 0 Å². The number of amides is 1. The van der Waals surface area contributed by atoms with Gasteiger partial charge >= 0.3 is 0 Å². The molecule has 0 aromatic rings. The van der Waals surface area contributed by atoms with Crippen LogP contribution in [0.3, 0.4) is 0 Å². The van der Waals surface area contributed by atoms with Crippen LogP contribution in [-0.2, 0) is 4.79 Å². The van der Waals surface area contributed by atoms with Crippen molar-refractivity contribution in [1.29, 1.82) is 0 Å². The number of nitrogens with zero attached hydrogens (tertiary/aromatic N) is 2. The van der Waals surface area contributed by atoms with Gasteiger partial charge in [0.15, 0.2) is 0 Å². The van der Waals surface area contributed by atoms with Crippen molar-refractivity contribution >= 4 is 5.91 Å². The molecule has 4 nitrogen and oxygen atoms in total. The van der Waals surface area contributed by atoms with Gasteiger partial charge in [-0.3, -0.25) is 9.69 Å². The molecule has 0 bridgehead atoms. The van der Waals surface area contributed by atoms with Gasteiger partial charge in [0.1, 0.15) is 0 Å². The molecular formula is C14H29N3O. The average Bonchev–Trinajstić information content (AvgIpc) is 2.36. The molecule has 1 rings (SSSR count). The van der Waals surface area contributed by atoms with Crippen LogP contribution in [0.4, 0.5) is 0 Å². The highest BCUT2D eigenvalue weighted by atomic mass is 16.2. The first-order chi connectivity index (χ1) is 8.50. The number of hydrogen-bond acceptors (Lipinski definition) is 3. The smallest absolute Gasteiger partial charge is 0.236 e. The lowest BCUT2D eigenvalue weighted by Crippen LogP contribution is -2.42. The molecule has 0 saturated carbocycles. The van der Waals surface area contributed by atoms with E-state index in [1.54, 1.807) is 0 Å². The minimum Gasteiger partial charge on any atom is -0.342 e. The molecule has 4 heteroatoms. The third-order valence-corrected chi connectivity index (χ3v) is 3.84. The molecule has 1 amide bonds. The topological polar surface area (TPSA) is 35.6 Å². The van der Waals surface area contributed by atoms with E-state index >= 15 is 0 Å². The summed E-state index contributed by atoms with van der Waals surface area (Å²) in [6.45, 7) is 6.77. The average molecular weight is 255 g/mol. The van der Waals surface area contributed by atoms with Crippen molar-refractivity contribution < 1.29 is 4.79 Å². The third kappa shape index (κ3) is 5.36. The minimum atomic E-state index is 0.212. The van der Waals surface area contributed by atoms with E-state index in [0.717, 1.165) is 19.5 Å². The first kappa shape index (κ1) is 15.4. The normalized spacial score (nSPS) is 20.4. The van der Waals surface area contributed by atoms with Gasteiger partial charge in [-0.2, -0.15) is 0 Å². The predicted octanol–water partition coefficient (Wildman–Crippen LogP) is 1.32. The van der Waals surface area contributed by atoms with Crippen LogP contribution in [0.1, 0.15) is 39.5 Å². The van der Waals surface area contributed by atoms with E-state index in [0.29, 0.717) is 12.6 Å². The number of likely N-dealkylation sites (N-methyl/N-ethyl adjacent to an activating group) is 2. The fraction of sp³-hybridized carbons (Fsp3) is 0.929. The summed E-state index contributed by atoms with van der Waals surface area (Å²) in [4.78, 5) is 15.9. The summed E-state index contributed by atoms with van der Waals surface area (Å²) in [5.41, 5.74) is 0. The summed E-state index contributed by atoms with van der Waals surface area (Å²) in [7, 11) is 3.92. The number of hydrogen-bond donors (Lipinski definition) is 1. The van der Waals surface area contributed by atoms with Crippen LogP contribution >= 0.6 is 0 Å². The lowest BCUT2D eigenvalue weighted by molar-refractivity contribution is -0.132. The molecule has 1 fully saturated rings. The van der Waals surface area contributed by atoms with E-state index in [1.165, 1.54) is 19.3 Å². The number of carbonyl (C=O) groups excluding carboxylic acids is 1. The summed E-state index contributed by atoms with van der Waals surface area (Å²) in [6.07, 6.45) is 5.09. The molecule has 1 aliphatic heterocycles. The largest absolute Gasteiger partial charge is 0.342 e. The van der Waals surface area contributed by atoms with Crippen molar-refractivity contribution in [3.63, 3.8) is 0 Å². The van der Waals surface area contributed by atoms with E-state index in [1.807, 2.05) is 32.8 Å². The summed E-state index contributed by atoms with van der Waals surface area (Å²) in [6, 6.07) is 0.935. The van der Waals surface area contributed by atoms with E-state index in [2.05, 4.69) is 10.2 Å². The Balaban J connectivity index is 2.20. The maximum absolute atomic E-state index is 11.9. The van der Waals surface area contributed by atoms with Crippen LogP contribution in [0.15, 0.2) is 0 Å². The summed E-state index contributed by atoms with van der Waals surface area (Å²) in [5.74, 6) is 0.212. The molecule has 0 aliphatic carbocycles. The lowest BCUT2D eigenvalue weighted by atomic mass is 10.0. The van der Waals surface area contributed by atoms with Crippen molar-refractivity contribution in [3.8, 4) is 0 Å². The van der Waals surface area contributed by atoms with Crippen LogP contribution in [0.2, 0.25) is 0 Å². The lowest BCUT2D eigenvalue weighted by Gasteiger charge is -2.27. The van der Waals surface area contributed by atoms with Gasteiger partial charge < -0.3 is 10.2 Å². The number of nitrogens with one attached hydrogen (secondary N) is 1. The van der Waals surface area contributed by atoms with Gasteiger partial charge in [0.05, 0.1) is 6.54 Å². The molecule has 0 aromatic carbocycles. The molecule has 1 aliphatic rings. The second-order valence-electron chi connectivity index (χ2n) is 5.77. The Kier molecular flexibility index (Phi) is 6.65. The summed E-state index contributed by atoms with van der Waals surface area (Å²) in [5, 5.41) is 3.55. The molecule has 1 N–H and O–H groups in total. The molecule has 0 aromatic heterocycles. The van der Waals surface area contributed by atoms with Gasteiger partial charge in [-0.25, -0.2) is 0 Å². The van der Waals surface area contributed by atoms with Crippen molar-refractivity contribution in [3.05, 3.63) is 0 Å². The Bertz CT molecular complexity index is 249. The van der Waals surface area contributed by atoms with Crippen LogP contribution in [0, 0.1) is 0 Å². The number of carbonyl (C=O) groups is 1. The van der Waals surface area contributed by atoms with Gasteiger partial charge in [-0.05, 0) is 53.2 Å². The Morgan fingerprint density at radius 3 is 2.61 bits per heavy atom. The number of piperidine rings is 1. The molecule has 1 atom stereocenters. The van der Waals surface area contributed by atoms with E-state index in [-0.39, 0.29) is 11.9 Å². The second-order valence-corrected chi connectivity index (χ2v) is 5.77. The SMILES string of the molecule is CC(C)N(C)C(=O)CN(C)CCC1CCCCN1. The van der Waals surface area contributed by atoms with Crippen molar-refractivity contribution in [2.24, 2.45) is 0 Å². The maximum atomic E-state index is 11.9. The Morgan fingerprint density at radius 1 is 1.33 bits per heavy atom. The monoisotopic (exact) mass is 255 g/mol. The molecule has 1 saturated heterocycles. The van der Waals surface area contributed by atoms with Crippen molar-refractivity contribution in [2.45, 2.75) is 51.6 Å². The third-order valence-electron chi connectivity index (χ3n) is 3.84. The quantitative estimate of drug-likeness (QED) is 0.777. The maximum Gasteiger partial charge on any atom is 0.236 e. The van der Waals surface area contributed by atoms with Gasteiger partial charge in [-0.1, -0.05) is 6.42 Å². The molecular weight excluding hydrogens is 226 g/mol. The Hall–Kier alpha value is -0.610. The fourth-order valence-electron chi connectivity index (χ4n) is 2.26. The van der Waals surface area contributed by atoms with Gasteiger partial charge in [0.25, 0.3) is 0 Å². The van der Waals surface area contributed by atoms with E-state index < -0.39 is 0 Å². The van der Waals surface area contributed by atoms with Gasteiger partial charge in [0, 0.05) is 19.1 Å². The highest BCUT2D eigenvalue weighted by molar-refractivity contribution is 5.78. The van der Waals surface area contributed by atoms with Gasteiger partial charge in [0.2, 0.25) is 5.91 Å². The van der Waals surface area contributed by atoms with Crippen LogP contribution in [-0.4, -0.2) is 61.5 Å². The Labute approximate surface area is 112 Å². The number of rotatable bonds is 6. The molecule has 18 heavy (non-hydrogen) atoms. The zero-order chi connectivity index (χ0) is 13.5. The van der Waals surface area contributed by atoms with Crippen molar-refractivity contribution in [2.75, 3.05) is 33.7 Å². The molecule has 1 heterocycles.